The van der Waals surface area contributed by atoms with E-state index in [0.717, 1.165) is 6.54 Å². The van der Waals surface area contributed by atoms with Crippen LogP contribution in [0.2, 0.25) is 0 Å². The first-order valence-electron chi connectivity index (χ1n) is 4.45. The van der Waals surface area contributed by atoms with Crippen LogP contribution in [0.3, 0.4) is 0 Å². The van der Waals surface area contributed by atoms with Crippen molar-refractivity contribution in [2.45, 2.75) is 6.10 Å². The number of nitrogens with zero attached hydrogens (tertiary/aromatic N) is 1. The standard InChI is InChI=1S/C9H16N2O2/c1-3-9(12)11-4-5-13-8(7-11)6-10-2/h3,8,10H,1,4-7H2,2H3. The SMILES string of the molecule is C=CC(=O)N1CCOC(CNC)C1. The zero-order chi connectivity index (χ0) is 9.68. The topological polar surface area (TPSA) is 41.6 Å². The van der Waals surface area contributed by atoms with Gasteiger partial charge < -0.3 is 15.0 Å². The lowest BCUT2D eigenvalue weighted by Gasteiger charge is -2.32. The number of hydrogen-bond acceptors (Lipinski definition) is 3. The highest BCUT2D eigenvalue weighted by molar-refractivity contribution is 5.87. The minimum absolute atomic E-state index is 0.00981. The molecule has 1 saturated heterocycles. The molecular weight excluding hydrogens is 168 g/mol. The molecule has 13 heavy (non-hydrogen) atoms. The molecule has 1 aliphatic rings. The number of ether oxygens (including phenoxy) is 1. The Hall–Kier alpha value is -0.870. The van der Waals surface area contributed by atoms with Crippen LogP contribution in [0.1, 0.15) is 0 Å². The molecule has 1 rings (SSSR count). The molecule has 0 aromatic carbocycles. The Morgan fingerprint density at radius 2 is 2.62 bits per heavy atom. The van der Waals surface area contributed by atoms with Gasteiger partial charge in [-0.25, -0.2) is 0 Å². The summed E-state index contributed by atoms with van der Waals surface area (Å²) in [5, 5.41) is 3.03. The van der Waals surface area contributed by atoms with Crippen LogP contribution in [0.4, 0.5) is 0 Å². The van der Waals surface area contributed by atoms with E-state index in [2.05, 4.69) is 11.9 Å². The van der Waals surface area contributed by atoms with E-state index in [-0.39, 0.29) is 12.0 Å². The quantitative estimate of drug-likeness (QED) is 0.608. The van der Waals surface area contributed by atoms with Crippen LogP contribution < -0.4 is 5.32 Å². The molecule has 1 heterocycles. The molecule has 1 unspecified atom stereocenters. The van der Waals surface area contributed by atoms with E-state index in [1.807, 2.05) is 7.05 Å². The monoisotopic (exact) mass is 184 g/mol. The Morgan fingerprint density at radius 3 is 3.23 bits per heavy atom. The predicted molar refractivity (Wildman–Crippen MR) is 50.4 cm³/mol. The van der Waals surface area contributed by atoms with Crippen molar-refractivity contribution in [2.24, 2.45) is 0 Å². The van der Waals surface area contributed by atoms with E-state index in [4.69, 9.17) is 4.74 Å². The van der Waals surface area contributed by atoms with Gasteiger partial charge >= 0.3 is 0 Å². The third-order valence-electron chi connectivity index (χ3n) is 2.06. The second-order valence-corrected chi connectivity index (χ2v) is 3.04. The number of rotatable bonds is 3. The van der Waals surface area contributed by atoms with Crippen molar-refractivity contribution in [2.75, 3.05) is 33.3 Å². The zero-order valence-electron chi connectivity index (χ0n) is 7.95. The van der Waals surface area contributed by atoms with E-state index in [1.165, 1.54) is 6.08 Å². The van der Waals surface area contributed by atoms with Gasteiger partial charge in [0, 0.05) is 19.6 Å². The van der Waals surface area contributed by atoms with Crippen LogP contribution in [0.5, 0.6) is 0 Å². The van der Waals surface area contributed by atoms with E-state index < -0.39 is 0 Å². The van der Waals surface area contributed by atoms with Crippen LogP contribution in [0.15, 0.2) is 12.7 Å². The number of morpholine rings is 1. The molecule has 0 aromatic rings. The van der Waals surface area contributed by atoms with Crippen molar-refractivity contribution in [1.82, 2.24) is 10.2 Å². The molecule has 0 aromatic heterocycles. The molecule has 4 heteroatoms. The van der Waals surface area contributed by atoms with E-state index in [0.29, 0.717) is 19.7 Å². The van der Waals surface area contributed by atoms with E-state index in [1.54, 1.807) is 4.90 Å². The van der Waals surface area contributed by atoms with Gasteiger partial charge in [-0.1, -0.05) is 6.58 Å². The van der Waals surface area contributed by atoms with E-state index in [9.17, 15) is 4.79 Å². The molecule has 0 radical (unpaired) electrons. The maximum Gasteiger partial charge on any atom is 0.246 e. The lowest BCUT2D eigenvalue weighted by atomic mass is 10.2. The van der Waals surface area contributed by atoms with Crippen molar-refractivity contribution in [3.05, 3.63) is 12.7 Å². The summed E-state index contributed by atoms with van der Waals surface area (Å²) in [6.45, 7) is 6.18. The third-order valence-corrected chi connectivity index (χ3v) is 2.06. The van der Waals surface area contributed by atoms with Gasteiger partial charge in [0.2, 0.25) is 5.91 Å². The number of amides is 1. The first kappa shape index (κ1) is 10.2. The fourth-order valence-corrected chi connectivity index (χ4v) is 1.40. The van der Waals surface area contributed by atoms with Crippen LogP contribution in [-0.4, -0.2) is 50.2 Å². The van der Waals surface area contributed by atoms with E-state index >= 15 is 0 Å². The number of hydrogen-bond donors (Lipinski definition) is 1. The highest BCUT2D eigenvalue weighted by Crippen LogP contribution is 2.04. The molecule has 0 aliphatic carbocycles. The average molecular weight is 184 g/mol. The van der Waals surface area contributed by atoms with Gasteiger partial charge in [0.15, 0.2) is 0 Å². The smallest absolute Gasteiger partial charge is 0.246 e. The first-order chi connectivity index (χ1) is 6.27. The van der Waals surface area contributed by atoms with Gasteiger partial charge in [-0.3, -0.25) is 4.79 Å². The Balaban J connectivity index is 2.41. The number of carbonyl (C=O) groups is 1. The lowest BCUT2D eigenvalue weighted by Crippen LogP contribution is -2.48. The van der Waals surface area contributed by atoms with Crippen molar-refractivity contribution >= 4 is 5.91 Å². The maximum absolute atomic E-state index is 11.2. The van der Waals surface area contributed by atoms with Crippen molar-refractivity contribution in [3.63, 3.8) is 0 Å². The maximum atomic E-state index is 11.2. The third kappa shape index (κ3) is 2.82. The van der Waals surface area contributed by atoms with Crippen LogP contribution in [0, 0.1) is 0 Å². The lowest BCUT2D eigenvalue weighted by molar-refractivity contribution is -0.133. The fourth-order valence-electron chi connectivity index (χ4n) is 1.40. The number of carbonyl (C=O) groups excluding carboxylic acids is 1. The van der Waals surface area contributed by atoms with Crippen molar-refractivity contribution in [1.29, 1.82) is 0 Å². The minimum atomic E-state index is -0.00981. The Kier molecular flexibility index (Phi) is 3.92. The predicted octanol–water partition coefficient (Wildman–Crippen LogP) is -0.381. The summed E-state index contributed by atoms with van der Waals surface area (Å²) in [5.41, 5.74) is 0. The highest BCUT2D eigenvalue weighted by atomic mass is 16.5. The molecule has 1 atom stereocenters. The number of likely N-dealkylation sites (N-methyl/N-ethyl adjacent to an activating group) is 1. The largest absolute Gasteiger partial charge is 0.373 e. The van der Waals surface area contributed by atoms with Gasteiger partial charge in [-0.05, 0) is 13.1 Å². The summed E-state index contributed by atoms with van der Waals surface area (Å²) < 4.78 is 5.45. The molecule has 1 amide bonds. The molecular formula is C9H16N2O2. The molecule has 0 saturated carbocycles. The van der Waals surface area contributed by atoms with Gasteiger partial charge in [0.05, 0.1) is 12.7 Å². The molecule has 1 fully saturated rings. The van der Waals surface area contributed by atoms with Gasteiger partial charge in [0.25, 0.3) is 0 Å². The number of nitrogens with one attached hydrogen (secondary N) is 1. The van der Waals surface area contributed by atoms with Gasteiger partial charge in [-0.2, -0.15) is 0 Å². The molecule has 0 bridgehead atoms. The van der Waals surface area contributed by atoms with Gasteiger partial charge in [0.1, 0.15) is 0 Å². The summed E-state index contributed by atoms with van der Waals surface area (Å²) in [4.78, 5) is 13.0. The normalized spacial score (nSPS) is 22.8. The first-order valence-corrected chi connectivity index (χ1v) is 4.45. The van der Waals surface area contributed by atoms with Crippen LogP contribution in [-0.2, 0) is 9.53 Å². The molecule has 4 nitrogen and oxygen atoms in total. The fraction of sp³-hybridized carbons (Fsp3) is 0.667. The Labute approximate surface area is 78.5 Å². The summed E-state index contributed by atoms with van der Waals surface area (Å²) in [6.07, 6.45) is 1.46. The Morgan fingerprint density at radius 1 is 1.85 bits per heavy atom. The van der Waals surface area contributed by atoms with Gasteiger partial charge in [-0.15, -0.1) is 0 Å². The van der Waals surface area contributed by atoms with Crippen molar-refractivity contribution < 1.29 is 9.53 Å². The summed E-state index contributed by atoms with van der Waals surface area (Å²) >= 11 is 0. The molecule has 74 valence electrons. The van der Waals surface area contributed by atoms with Crippen molar-refractivity contribution in [3.8, 4) is 0 Å². The highest BCUT2D eigenvalue weighted by Gasteiger charge is 2.21. The van der Waals surface area contributed by atoms with Crippen LogP contribution >= 0.6 is 0 Å². The second kappa shape index (κ2) is 4.99. The zero-order valence-corrected chi connectivity index (χ0v) is 7.95. The summed E-state index contributed by atoms with van der Waals surface area (Å²) in [7, 11) is 1.87. The summed E-state index contributed by atoms with van der Waals surface area (Å²) in [6, 6.07) is 0. The molecule has 1 N–H and O–H groups in total. The minimum Gasteiger partial charge on any atom is -0.373 e. The Bertz CT molecular complexity index is 192. The van der Waals surface area contributed by atoms with Crippen LogP contribution in [0.25, 0.3) is 0 Å². The second-order valence-electron chi connectivity index (χ2n) is 3.04. The average Bonchev–Trinajstić information content (AvgIpc) is 2.18. The molecule has 1 aliphatic heterocycles. The summed E-state index contributed by atoms with van der Waals surface area (Å²) in [5.74, 6) is -0.00981. The molecule has 0 spiro atoms.